The number of benzene rings is 6. The summed E-state index contributed by atoms with van der Waals surface area (Å²) in [5, 5.41) is 2.76. The van der Waals surface area contributed by atoms with Gasteiger partial charge in [-0.2, -0.15) is 0 Å². The topological polar surface area (TPSA) is 0 Å². The fourth-order valence-electron chi connectivity index (χ4n) is 8.60. The van der Waals surface area contributed by atoms with Gasteiger partial charge < -0.3 is 0 Å². The highest BCUT2D eigenvalue weighted by Crippen LogP contribution is 2.52. The Morgan fingerprint density at radius 3 is 1.88 bits per heavy atom. The van der Waals surface area contributed by atoms with E-state index in [1.54, 1.807) is 0 Å². The highest BCUT2D eigenvalue weighted by molar-refractivity contribution is 6.04. The molecule has 8 rings (SSSR count). The van der Waals surface area contributed by atoms with Crippen molar-refractivity contribution >= 4 is 16.3 Å². The van der Waals surface area contributed by atoms with Crippen molar-refractivity contribution < 1.29 is 0 Å². The van der Waals surface area contributed by atoms with Crippen molar-refractivity contribution in [2.75, 3.05) is 0 Å². The third kappa shape index (κ3) is 11.2. The molecule has 0 amide bonds. The first-order valence-corrected chi connectivity index (χ1v) is 22.1. The van der Waals surface area contributed by atoms with Gasteiger partial charge >= 0.3 is 0 Å². The minimum Gasteiger partial charge on any atom is -0.0984 e. The van der Waals surface area contributed by atoms with Gasteiger partial charge in [-0.25, -0.2) is 0 Å². The summed E-state index contributed by atoms with van der Waals surface area (Å²) in [6.07, 6.45) is 13.3. The molecular formula is C60H70. The van der Waals surface area contributed by atoms with Gasteiger partial charge in [-0.15, -0.1) is 0 Å². The average Bonchev–Trinajstić information content (AvgIpc) is 3.45. The van der Waals surface area contributed by atoms with Crippen LogP contribution in [0.2, 0.25) is 0 Å². The van der Waals surface area contributed by atoms with Gasteiger partial charge in [-0.3, -0.25) is 0 Å². The van der Waals surface area contributed by atoms with Gasteiger partial charge in [0.1, 0.15) is 0 Å². The van der Waals surface area contributed by atoms with E-state index in [-0.39, 0.29) is 5.41 Å². The molecule has 0 aromatic heterocycles. The summed E-state index contributed by atoms with van der Waals surface area (Å²) < 4.78 is 0. The van der Waals surface area contributed by atoms with Crippen molar-refractivity contribution in [2.24, 2.45) is 5.92 Å². The zero-order chi connectivity index (χ0) is 43.6. The van der Waals surface area contributed by atoms with E-state index in [0.717, 1.165) is 18.8 Å². The number of aryl methyl sites for hydroxylation is 6. The van der Waals surface area contributed by atoms with Crippen LogP contribution in [-0.2, 0) is 11.8 Å². The smallest absolute Gasteiger partial charge is 0.0159 e. The lowest BCUT2D eigenvalue weighted by Gasteiger charge is -2.23. The molecule has 0 N–H and O–H groups in total. The Labute approximate surface area is 364 Å². The maximum Gasteiger partial charge on any atom is 0.0159 e. The van der Waals surface area contributed by atoms with E-state index in [0.29, 0.717) is 0 Å². The van der Waals surface area contributed by atoms with Crippen LogP contribution in [0.15, 0.2) is 157 Å². The summed E-state index contributed by atoms with van der Waals surface area (Å²) in [5.41, 5.74) is 22.2. The molecular weight excluding hydrogens is 721 g/mol. The first kappa shape index (κ1) is 45.6. The van der Waals surface area contributed by atoms with Crippen LogP contribution in [0.3, 0.4) is 0 Å². The van der Waals surface area contributed by atoms with Crippen molar-refractivity contribution in [3.05, 3.63) is 218 Å². The monoisotopic (exact) mass is 791 g/mol. The van der Waals surface area contributed by atoms with Crippen molar-refractivity contribution in [3.63, 3.8) is 0 Å². The van der Waals surface area contributed by atoms with Gasteiger partial charge in [0.15, 0.2) is 0 Å². The Kier molecular flexibility index (Phi) is 15.7. The third-order valence-electron chi connectivity index (χ3n) is 12.3. The van der Waals surface area contributed by atoms with E-state index in [4.69, 9.17) is 0 Å². The highest BCUT2D eigenvalue weighted by atomic mass is 14.4. The molecule has 0 radical (unpaired) electrons. The van der Waals surface area contributed by atoms with Crippen LogP contribution in [0.4, 0.5) is 0 Å². The number of hydrogen-bond acceptors (Lipinski definition) is 0. The van der Waals surface area contributed by atoms with Gasteiger partial charge in [0, 0.05) is 5.41 Å². The molecule has 0 heterocycles. The lowest BCUT2D eigenvalue weighted by Crippen LogP contribution is -2.15. The zero-order valence-corrected chi connectivity index (χ0v) is 38.9. The molecule has 1 atom stereocenters. The highest BCUT2D eigenvalue weighted by Gasteiger charge is 2.37. The van der Waals surface area contributed by atoms with Gasteiger partial charge in [0.05, 0.1) is 0 Å². The van der Waals surface area contributed by atoms with Crippen LogP contribution in [0, 0.1) is 47.5 Å². The SMILES string of the molecule is C=C/C(=C(/C)CCC)c1ccc(C)cc1C.CC1=CCC(C)C=C1.Cc1ccc(C)c(C)c1.Cc1ccc2c(c1)C(C)(C)c1cc(Cc3ccccc3)c3ccccc3c1-2. The molecule has 2 aliphatic carbocycles. The van der Waals surface area contributed by atoms with E-state index in [9.17, 15) is 0 Å². The van der Waals surface area contributed by atoms with Crippen molar-refractivity contribution in [1.82, 2.24) is 0 Å². The van der Waals surface area contributed by atoms with Gasteiger partial charge in [0.2, 0.25) is 0 Å². The Hall–Kier alpha value is -5.46. The fraction of sp³-hybridized carbons (Fsp3) is 0.300. The average molecular weight is 791 g/mol. The molecule has 0 spiro atoms. The molecule has 0 aliphatic heterocycles. The summed E-state index contributed by atoms with van der Waals surface area (Å²) in [6, 6.07) is 42.3. The minimum atomic E-state index is 0.0339. The van der Waals surface area contributed by atoms with Crippen LogP contribution in [-0.4, -0.2) is 0 Å². The Balaban J connectivity index is 0.000000174. The number of hydrogen-bond donors (Lipinski definition) is 0. The summed E-state index contributed by atoms with van der Waals surface area (Å²) in [6.45, 7) is 30.4. The molecule has 310 valence electrons. The summed E-state index contributed by atoms with van der Waals surface area (Å²) in [5.74, 6) is 0.763. The molecule has 0 fully saturated rings. The molecule has 1 unspecified atom stereocenters. The molecule has 2 aliphatic rings. The molecule has 0 saturated heterocycles. The number of allylic oxidation sites excluding steroid dienone is 7. The third-order valence-corrected chi connectivity index (χ3v) is 12.3. The first-order chi connectivity index (χ1) is 28.6. The van der Waals surface area contributed by atoms with E-state index < -0.39 is 0 Å². The van der Waals surface area contributed by atoms with Gasteiger partial charge in [-0.05, 0) is 153 Å². The van der Waals surface area contributed by atoms with Gasteiger partial charge in [-0.1, -0.05) is 208 Å². The van der Waals surface area contributed by atoms with Crippen LogP contribution in [0.1, 0.15) is 122 Å². The second kappa shape index (κ2) is 20.7. The largest absolute Gasteiger partial charge is 0.0984 e. The van der Waals surface area contributed by atoms with Crippen molar-refractivity contribution in [2.45, 2.75) is 114 Å². The van der Waals surface area contributed by atoms with E-state index >= 15 is 0 Å². The molecule has 6 aromatic rings. The molecule has 0 heteroatoms. The predicted octanol–water partition coefficient (Wildman–Crippen LogP) is 17.2. The van der Waals surface area contributed by atoms with Crippen molar-refractivity contribution in [3.8, 4) is 11.1 Å². The quantitative estimate of drug-likeness (QED) is 0.147. The summed E-state index contributed by atoms with van der Waals surface area (Å²) >= 11 is 0. The maximum atomic E-state index is 3.95. The Morgan fingerprint density at radius 1 is 0.683 bits per heavy atom. The predicted molar refractivity (Wildman–Crippen MR) is 266 cm³/mol. The molecule has 60 heavy (non-hydrogen) atoms. The fourth-order valence-corrected chi connectivity index (χ4v) is 8.60. The maximum absolute atomic E-state index is 3.95. The molecule has 6 aromatic carbocycles. The lowest BCUT2D eigenvalue weighted by atomic mass is 9.80. The molecule has 0 bridgehead atoms. The molecule has 0 saturated carbocycles. The summed E-state index contributed by atoms with van der Waals surface area (Å²) in [7, 11) is 0. The van der Waals surface area contributed by atoms with Crippen LogP contribution in [0.5, 0.6) is 0 Å². The van der Waals surface area contributed by atoms with Crippen LogP contribution in [0.25, 0.3) is 27.5 Å². The second-order valence-electron chi connectivity index (χ2n) is 17.9. The van der Waals surface area contributed by atoms with E-state index in [2.05, 4.69) is 223 Å². The van der Waals surface area contributed by atoms with E-state index in [1.807, 2.05) is 6.08 Å². The van der Waals surface area contributed by atoms with Crippen LogP contribution >= 0.6 is 0 Å². The molecule has 0 nitrogen and oxygen atoms in total. The van der Waals surface area contributed by atoms with Gasteiger partial charge in [0.25, 0.3) is 0 Å². The first-order valence-electron chi connectivity index (χ1n) is 22.1. The normalized spacial score (nSPS) is 14.8. The van der Waals surface area contributed by atoms with Crippen molar-refractivity contribution in [1.29, 1.82) is 0 Å². The second-order valence-corrected chi connectivity index (χ2v) is 17.9. The minimum absolute atomic E-state index is 0.0339. The van der Waals surface area contributed by atoms with E-state index in [1.165, 1.54) is 113 Å². The zero-order valence-electron chi connectivity index (χ0n) is 38.9. The standard InChI is InChI=1S/C27H24.C16H22.C9H12.C8H12/c1-18-13-14-23-24(15-18)27(2,3)25-17-20(16-19-9-5-4-6-10-19)21-11-7-8-12-22(21)26(23)25;1-6-8-13(4)15(7-2)16-10-9-12(3)11-14(16)5;1-7-4-5-8(2)9(3)6-7;1-7-3-5-8(2)6-4-7/h4-15,17H,16H2,1-3H3;7,9-11H,2,6,8H2,1,3-5H3;4-6H,1-3H3;3-5,8H,6H2,1-2H3/b;15-13+;;. The Bertz CT molecular complexity index is 2510. The number of fused-ring (bicyclic) bond motifs is 5. The lowest BCUT2D eigenvalue weighted by molar-refractivity contribution is 0.659. The number of rotatable bonds is 6. The van der Waals surface area contributed by atoms with Crippen LogP contribution < -0.4 is 0 Å². The summed E-state index contributed by atoms with van der Waals surface area (Å²) in [4.78, 5) is 0. The Morgan fingerprint density at radius 2 is 1.30 bits per heavy atom.